The molecule has 0 bridgehead atoms. The molecule has 6 nitrogen and oxygen atoms in total. The van der Waals surface area contributed by atoms with Gasteiger partial charge in [-0.25, -0.2) is 4.39 Å². The van der Waals surface area contributed by atoms with Gasteiger partial charge < -0.3 is 25.0 Å². The van der Waals surface area contributed by atoms with Crippen molar-refractivity contribution in [2.24, 2.45) is 10.9 Å². The van der Waals surface area contributed by atoms with E-state index in [1.54, 1.807) is 7.05 Å². The standard InChI is InChI=1S/C20H33FN4O2/c1-22-20(23-10-4-11-26-14-16-9-12-27-15-16)24-13-19(25(2)3)17-5-7-18(21)8-6-17/h5-8,16,19H,4,9-15H2,1-3H3,(H2,22,23,24). The first-order valence-corrected chi connectivity index (χ1v) is 9.62. The lowest BCUT2D eigenvalue weighted by atomic mass is 10.1. The minimum atomic E-state index is -0.218. The minimum Gasteiger partial charge on any atom is -0.381 e. The molecule has 27 heavy (non-hydrogen) atoms. The Morgan fingerprint density at radius 1 is 1.33 bits per heavy atom. The third-order valence-electron chi connectivity index (χ3n) is 4.70. The summed E-state index contributed by atoms with van der Waals surface area (Å²) in [5, 5.41) is 6.65. The zero-order chi connectivity index (χ0) is 19.5. The number of guanidine groups is 1. The van der Waals surface area contributed by atoms with Gasteiger partial charge >= 0.3 is 0 Å². The number of benzene rings is 1. The zero-order valence-corrected chi connectivity index (χ0v) is 16.7. The van der Waals surface area contributed by atoms with Crippen LogP contribution >= 0.6 is 0 Å². The Morgan fingerprint density at radius 2 is 2.11 bits per heavy atom. The van der Waals surface area contributed by atoms with Crippen molar-refractivity contribution < 1.29 is 13.9 Å². The number of aliphatic imine (C=N–C) groups is 1. The number of likely N-dealkylation sites (N-methyl/N-ethyl adjacent to an activating group) is 1. The van der Waals surface area contributed by atoms with Crippen LogP contribution in [0.4, 0.5) is 4.39 Å². The molecule has 2 unspecified atom stereocenters. The fourth-order valence-electron chi connectivity index (χ4n) is 3.04. The molecule has 2 N–H and O–H groups in total. The largest absolute Gasteiger partial charge is 0.381 e. The van der Waals surface area contributed by atoms with Gasteiger partial charge in [0.1, 0.15) is 5.82 Å². The maximum atomic E-state index is 13.2. The Labute approximate surface area is 162 Å². The molecule has 0 spiro atoms. The van der Waals surface area contributed by atoms with Gasteiger partial charge in [-0.3, -0.25) is 4.99 Å². The van der Waals surface area contributed by atoms with Gasteiger partial charge in [-0.05, 0) is 44.6 Å². The van der Waals surface area contributed by atoms with Crippen LogP contribution in [0.1, 0.15) is 24.4 Å². The predicted molar refractivity (Wildman–Crippen MR) is 107 cm³/mol. The molecule has 1 aromatic rings. The molecular weight excluding hydrogens is 347 g/mol. The summed E-state index contributed by atoms with van der Waals surface area (Å²) < 4.78 is 24.2. The topological polar surface area (TPSA) is 58.1 Å². The highest BCUT2D eigenvalue weighted by molar-refractivity contribution is 5.79. The first-order valence-electron chi connectivity index (χ1n) is 9.62. The van der Waals surface area contributed by atoms with Gasteiger partial charge in [-0.2, -0.15) is 0 Å². The van der Waals surface area contributed by atoms with E-state index in [9.17, 15) is 4.39 Å². The Hall–Kier alpha value is -1.70. The minimum absolute atomic E-state index is 0.126. The molecule has 7 heteroatoms. The van der Waals surface area contributed by atoms with Gasteiger partial charge in [0.2, 0.25) is 0 Å². The molecule has 1 aliphatic heterocycles. The first kappa shape index (κ1) is 21.6. The van der Waals surface area contributed by atoms with Gasteiger partial charge in [0.25, 0.3) is 0 Å². The quantitative estimate of drug-likeness (QED) is 0.370. The fourth-order valence-corrected chi connectivity index (χ4v) is 3.04. The molecule has 1 aliphatic rings. The van der Waals surface area contributed by atoms with Gasteiger partial charge in [0.05, 0.1) is 19.3 Å². The number of hydrogen-bond donors (Lipinski definition) is 2. The molecule has 1 aromatic carbocycles. The van der Waals surface area contributed by atoms with Crippen molar-refractivity contribution in [1.82, 2.24) is 15.5 Å². The summed E-state index contributed by atoms with van der Waals surface area (Å²) in [5.41, 5.74) is 1.06. The van der Waals surface area contributed by atoms with Crippen LogP contribution in [-0.4, -0.2) is 71.5 Å². The Balaban J connectivity index is 1.66. The lowest BCUT2D eigenvalue weighted by Gasteiger charge is -2.26. The Morgan fingerprint density at radius 3 is 2.74 bits per heavy atom. The molecule has 1 saturated heterocycles. The smallest absolute Gasteiger partial charge is 0.191 e. The summed E-state index contributed by atoms with van der Waals surface area (Å²) in [4.78, 5) is 6.37. The second-order valence-corrected chi connectivity index (χ2v) is 7.07. The van der Waals surface area contributed by atoms with Crippen molar-refractivity contribution in [1.29, 1.82) is 0 Å². The zero-order valence-electron chi connectivity index (χ0n) is 16.7. The second-order valence-electron chi connectivity index (χ2n) is 7.07. The van der Waals surface area contributed by atoms with E-state index in [4.69, 9.17) is 9.47 Å². The van der Waals surface area contributed by atoms with E-state index < -0.39 is 0 Å². The summed E-state index contributed by atoms with van der Waals surface area (Å²) in [5.74, 6) is 1.10. The molecule has 1 fully saturated rings. The van der Waals surface area contributed by atoms with Crippen molar-refractivity contribution in [3.8, 4) is 0 Å². The lowest BCUT2D eigenvalue weighted by molar-refractivity contribution is 0.0888. The number of nitrogens with zero attached hydrogens (tertiary/aromatic N) is 2. The van der Waals surface area contributed by atoms with E-state index in [1.807, 2.05) is 26.2 Å². The Kier molecular flexibility index (Phi) is 9.52. The highest BCUT2D eigenvalue weighted by atomic mass is 19.1. The summed E-state index contributed by atoms with van der Waals surface area (Å²) in [6.07, 6.45) is 2.03. The fraction of sp³-hybridized carbons (Fsp3) is 0.650. The number of hydrogen-bond acceptors (Lipinski definition) is 4. The van der Waals surface area contributed by atoms with Crippen LogP contribution in [0, 0.1) is 11.7 Å². The first-order chi connectivity index (χ1) is 13.1. The SMILES string of the molecule is CN=C(NCCCOCC1CCOC1)NCC(c1ccc(F)cc1)N(C)C. The van der Waals surface area contributed by atoms with Crippen LogP contribution in [-0.2, 0) is 9.47 Å². The summed E-state index contributed by atoms with van der Waals surface area (Å²) in [7, 11) is 5.78. The summed E-state index contributed by atoms with van der Waals surface area (Å²) in [6.45, 7) is 4.69. The van der Waals surface area contributed by atoms with Crippen LogP contribution in [0.3, 0.4) is 0 Å². The summed E-state index contributed by atoms with van der Waals surface area (Å²) in [6, 6.07) is 6.77. The molecule has 0 amide bonds. The number of halogens is 1. The van der Waals surface area contributed by atoms with E-state index in [0.717, 1.165) is 57.3 Å². The number of rotatable bonds is 10. The average Bonchev–Trinajstić information content (AvgIpc) is 3.17. The van der Waals surface area contributed by atoms with E-state index in [1.165, 1.54) is 12.1 Å². The third kappa shape index (κ3) is 7.82. The average molecular weight is 381 g/mol. The molecule has 152 valence electrons. The predicted octanol–water partition coefficient (Wildman–Crippen LogP) is 2.04. The van der Waals surface area contributed by atoms with Gasteiger partial charge in [-0.1, -0.05) is 12.1 Å². The van der Waals surface area contributed by atoms with Crippen LogP contribution in [0.25, 0.3) is 0 Å². The van der Waals surface area contributed by atoms with E-state index in [2.05, 4.69) is 20.5 Å². The highest BCUT2D eigenvalue weighted by Gasteiger charge is 2.16. The van der Waals surface area contributed by atoms with Crippen molar-refractivity contribution in [3.63, 3.8) is 0 Å². The van der Waals surface area contributed by atoms with Crippen molar-refractivity contribution >= 4 is 5.96 Å². The normalized spacial score (nSPS) is 18.7. The van der Waals surface area contributed by atoms with Crippen molar-refractivity contribution in [2.45, 2.75) is 18.9 Å². The van der Waals surface area contributed by atoms with Crippen molar-refractivity contribution in [2.75, 3.05) is 60.7 Å². The Bertz CT molecular complexity index is 560. The molecule has 0 saturated carbocycles. The maximum Gasteiger partial charge on any atom is 0.191 e. The highest BCUT2D eigenvalue weighted by Crippen LogP contribution is 2.17. The van der Waals surface area contributed by atoms with Crippen LogP contribution < -0.4 is 10.6 Å². The molecule has 2 rings (SSSR count). The van der Waals surface area contributed by atoms with Crippen LogP contribution in [0.5, 0.6) is 0 Å². The van der Waals surface area contributed by atoms with Crippen molar-refractivity contribution in [3.05, 3.63) is 35.6 Å². The lowest BCUT2D eigenvalue weighted by Crippen LogP contribution is -2.42. The third-order valence-corrected chi connectivity index (χ3v) is 4.70. The van der Waals surface area contributed by atoms with E-state index in [-0.39, 0.29) is 11.9 Å². The molecule has 0 aromatic heterocycles. The molecule has 0 aliphatic carbocycles. The maximum absolute atomic E-state index is 13.2. The second kappa shape index (κ2) is 11.9. The molecule has 2 atom stereocenters. The van der Waals surface area contributed by atoms with Gasteiger partial charge in [0, 0.05) is 39.3 Å². The number of ether oxygens (including phenoxy) is 2. The molecular formula is C20H33FN4O2. The number of nitrogens with one attached hydrogen (secondary N) is 2. The van der Waals surface area contributed by atoms with Gasteiger partial charge in [0.15, 0.2) is 5.96 Å². The van der Waals surface area contributed by atoms with E-state index >= 15 is 0 Å². The molecule has 0 radical (unpaired) electrons. The monoisotopic (exact) mass is 380 g/mol. The van der Waals surface area contributed by atoms with Gasteiger partial charge in [-0.15, -0.1) is 0 Å². The van der Waals surface area contributed by atoms with Crippen LogP contribution in [0.15, 0.2) is 29.3 Å². The molecule has 1 heterocycles. The van der Waals surface area contributed by atoms with Crippen LogP contribution in [0.2, 0.25) is 0 Å². The van der Waals surface area contributed by atoms with E-state index in [0.29, 0.717) is 12.5 Å². The summed E-state index contributed by atoms with van der Waals surface area (Å²) >= 11 is 0.